The first-order chi connectivity index (χ1) is 23.6. The quantitative estimate of drug-likeness (QED) is 0.0846. The molecule has 0 bridgehead atoms. The Labute approximate surface area is 288 Å². The van der Waals surface area contributed by atoms with Crippen LogP contribution in [0.5, 0.6) is 5.75 Å². The van der Waals surface area contributed by atoms with Crippen LogP contribution in [0.3, 0.4) is 0 Å². The number of hydrogen-bond donors (Lipinski definition) is 0. The molecule has 0 fully saturated rings. The molecule has 0 N–H and O–H groups in total. The van der Waals surface area contributed by atoms with Gasteiger partial charge in [0.05, 0.1) is 12.1 Å². The second kappa shape index (κ2) is 16.7. The van der Waals surface area contributed by atoms with Crippen molar-refractivity contribution in [1.29, 1.82) is 0 Å². The molecule has 0 atom stereocenters. The number of benzene rings is 2. The number of ether oxygens (including phenoxy) is 2. The number of alkyl halides is 3. The number of aromatic nitrogens is 3. The number of hydrogen-bond acceptors (Lipinski definition) is 8. The summed E-state index contributed by atoms with van der Waals surface area (Å²) in [4.78, 5) is 42.1. The number of carbonyl (C=O) groups is 1. The minimum Gasteiger partial charge on any atom is -0.487 e. The monoisotopic (exact) mass is 699 g/mol. The Hall–Kier alpha value is -4.81. The summed E-state index contributed by atoms with van der Waals surface area (Å²) in [6.07, 6.45) is 4.62. The maximum Gasteiger partial charge on any atom is 0.443 e. The van der Waals surface area contributed by atoms with Gasteiger partial charge in [0.1, 0.15) is 36.0 Å². The Balaban J connectivity index is 1.50. The summed E-state index contributed by atoms with van der Waals surface area (Å²) < 4.78 is 62.8. The smallest absolute Gasteiger partial charge is 0.443 e. The number of aryl methyl sites for hydroxylation is 1. The summed E-state index contributed by atoms with van der Waals surface area (Å²) in [6, 6.07) is 12.0. The highest BCUT2D eigenvalue weighted by Gasteiger charge is 2.30. The van der Waals surface area contributed by atoms with E-state index in [1.165, 1.54) is 18.6 Å². The van der Waals surface area contributed by atoms with Gasteiger partial charge in [-0.2, -0.15) is 13.2 Å². The van der Waals surface area contributed by atoms with Crippen LogP contribution in [0.15, 0.2) is 73.1 Å². The molecule has 0 amide bonds. The maximum atomic E-state index is 13.0. The van der Waals surface area contributed by atoms with Crippen molar-refractivity contribution in [3.05, 3.63) is 98.2 Å². The second-order valence-electron chi connectivity index (χ2n) is 13.0. The highest BCUT2D eigenvalue weighted by atomic mass is 19.4. The molecule has 50 heavy (non-hydrogen) atoms. The van der Waals surface area contributed by atoms with Crippen LogP contribution in [0, 0.1) is 6.92 Å². The van der Waals surface area contributed by atoms with Crippen molar-refractivity contribution >= 4 is 11.5 Å². The summed E-state index contributed by atoms with van der Waals surface area (Å²) in [7, 11) is 0. The van der Waals surface area contributed by atoms with E-state index in [0.717, 1.165) is 60.1 Å². The van der Waals surface area contributed by atoms with Gasteiger partial charge in [-0.3, -0.25) is 4.79 Å². The van der Waals surface area contributed by atoms with Crippen LogP contribution in [0.4, 0.5) is 13.2 Å². The molecule has 0 saturated heterocycles. The van der Waals surface area contributed by atoms with Gasteiger partial charge < -0.3 is 18.4 Å². The number of nitrogens with zero attached hydrogens (tertiary/aromatic N) is 3. The van der Waals surface area contributed by atoms with Gasteiger partial charge in [-0.25, -0.2) is 19.1 Å². The molecule has 0 aliphatic heterocycles. The molecule has 0 radical (unpaired) electrons. The van der Waals surface area contributed by atoms with E-state index >= 15 is 0 Å². The van der Waals surface area contributed by atoms with Gasteiger partial charge in [0.15, 0.2) is 0 Å². The Morgan fingerprint density at radius 2 is 1.68 bits per heavy atom. The van der Waals surface area contributed by atoms with Crippen molar-refractivity contribution in [2.75, 3.05) is 0 Å². The van der Waals surface area contributed by atoms with Crippen LogP contribution >= 0.6 is 0 Å². The molecule has 4 aromatic rings. The van der Waals surface area contributed by atoms with Crippen molar-refractivity contribution in [2.45, 2.75) is 111 Å². The van der Waals surface area contributed by atoms with Crippen molar-refractivity contribution < 1.29 is 36.4 Å². The molecular weight excluding hydrogens is 655 g/mol. The number of allylic oxidation sites excluding steroid dienone is 2. The number of esters is 1. The van der Waals surface area contributed by atoms with E-state index in [2.05, 4.69) is 11.9 Å². The molecule has 13 heteroatoms. The summed E-state index contributed by atoms with van der Waals surface area (Å²) in [5.41, 5.74) is 0.386. The highest BCUT2D eigenvalue weighted by Crippen LogP contribution is 2.32. The lowest BCUT2D eigenvalue weighted by molar-refractivity contribution is -0.155. The molecule has 4 rings (SSSR count). The van der Waals surface area contributed by atoms with Gasteiger partial charge in [0.25, 0.3) is 0 Å². The Morgan fingerprint density at radius 3 is 2.36 bits per heavy atom. The minimum atomic E-state index is -4.44. The molecule has 0 saturated carbocycles. The van der Waals surface area contributed by atoms with Gasteiger partial charge in [-0.15, -0.1) is 4.74 Å². The van der Waals surface area contributed by atoms with Crippen LogP contribution in [0.25, 0.3) is 17.0 Å². The molecule has 2 heterocycles. The maximum absolute atomic E-state index is 13.0. The fourth-order valence-electron chi connectivity index (χ4n) is 5.22. The van der Waals surface area contributed by atoms with Gasteiger partial charge in [-0.05, 0) is 88.1 Å². The summed E-state index contributed by atoms with van der Waals surface area (Å²) in [6.45, 7) is 8.41. The molecule has 0 unspecified atom stereocenters. The normalized spacial score (nSPS) is 12.4. The summed E-state index contributed by atoms with van der Waals surface area (Å²) in [5.74, 6) is -0.467. The van der Waals surface area contributed by atoms with Crippen molar-refractivity contribution in [2.24, 2.45) is 0 Å². The van der Waals surface area contributed by atoms with Gasteiger partial charge >= 0.3 is 23.6 Å². The number of carbonyl (C=O) groups excluding carboxylic acids is 1. The van der Waals surface area contributed by atoms with Crippen LogP contribution in [-0.4, -0.2) is 25.9 Å². The summed E-state index contributed by atoms with van der Waals surface area (Å²) in [5, 5.41) is 0. The fraction of sp³-hybridized carbons (Fsp3) is 0.459. The third-order valence-corrected chi connectivity index (χ3v) is 7.80. The van der Waals surface area contributed by atoms with E-state index in [1.807, 2.05) is 24.3 Å². The van der Waals surface area contributed by atoms with Gasteiger partial charge in [0.2, 0.25) is 5.89 Å². The average Bonchev–Trinajstić information content (AvgIpc) is 3.55. The number of halogens is 3. The van der Waals surface area contributed by atoms with E-state index in [-0.39, 0.29) is 19.0 Å². The second-order valence-corrected chi connectivity index (χ2v) is 13.0. The standard InChI is InChI=1S/C37H44F3N3O7/c1-6-7-8-9-10-11-13-26(20-21-43-34(45)42(35(46)50-43)23-32(44)49-36(3,4)5)28-14-12-15-30(22-28)47-24-31-25(2)48-33(41-31)27-16-18-29(19-17-27)37(38,39)40/h12,14-20,22H,6-11,13,21,23-24H2,1-5H3/b26-20+. The molecular formula is C37H44F3N3O7. The van der Waals surface area contributed by atoms with E-state index in [1.54, 1.807) is 33.8 Å². The highest BCUT2D eigenvalue weighted by molar-refractivity contribution is 5.69. The molecule has 0 aliphatic rings. The lowest BCUT2D eigenvalue weighted by atomic mass is 9.98. The van der Waals surface area contributed by atoms with E-state index < -0.39 is 41.3 Å². The third-order valence-electron chi connectivity index (χ3n) is 7.80. The van der Waals surface area contributed by atoms with Crippen molar-refractivity contribution in [3.8, 4) is 17.2 Å². The largest absolute Gasteiger partial charge is 0.487 e. The molecule has 270 valence electrons. The predicted molar refractivity (Wildman–Crippen MR) is 181 cm³/mol. The van der Waals surface area contributed by atoms with E-state index in [0.29, 0.717) is 33.8 Å². The average molecular weight is 700 g/mol. The summed E-state index contributed by atoms with van der Waals surface area (Å²) >= 11 is 0. The van der Waals surface area contributed by atoms with Crippen molar-refractivity contribution in [1.82, 2.24) is 14.3 Å². The van der Waals surface area contributed by atoms with E-state index in [9.17, 15) is 27.6 Å². The van der Waals surface area contributed by atoms with Crippen LogP contribution < -0.4 is 16.2 Å². The molecule has 2 aromatic heterocycles. The first-order valence-electron chi connectivity index (χ1n) is 16.7. The predicted octanol–water partition coefficient (Wildman–Crippen LogP) is 8.34. The zero-order chi connectivity index (χ0) is 36.5. The van der Waals surface area contributed by atoms with E-state index in [4.69, 9.17) is 18.4 Å². The molecule has 2 aromatic carbocycles. The molecule has 10 nitrogen and oxygen atoms in total. The first-order valence-corrected chi connectivity index (χ1v) is 16.7. The van der Waals surface area contributed by atoms with Crippen molar-refractivity contribution in [3.63, 3.8) is 0 Å². The van der Waals surface area contributed by atoms with Crippen LogP contribution in [0.1, 0.15) is 95.2 Å². The third kappa shape index (κ3) is 10.8. The number of unbranched alkanes of at least 4 members (excludes halogenated alkanes) is 5. The Kier molecular flexibility index (Phi) is 12.7. The fourth-order valence-corrected chi connectivity index (χ4v) is 5.22. The minimum absolute atomic E-state index is 0.0312. The first kappa shape index (κ1) is 38.0. The van der Waals surface area contributed by atoms with Gasteiger partial charge in [-0.1, -0.05) is 57.2 Å². The SMILES string of the molecule is CCCCCCCC/C(=C\Cn1oc(=O)n(CC(=O)OC(C)(C)C)c1=O)c1cccc(OCc2nc(-c3ccc(C(F)(F)F)cc3)oc2C)c1. The molecule has 0 aliphatic carbocycles. The Bertz CT molecular complexity index is 1870. The lowest BCUT2D eigenvalue weighted by Gasteiger charge is -2.18. The molecule has 0 spiro atoms. The number of rotatable bonds is 16. The van der Waals surface area contributed by atoms with Gasteiger partial charge in [0, 0.05) is 5.56 Å². The number of oxazole rings is 1. The van der Waals surface area contributed by atoms with Crippen LogP contribution in [-0.2, 0) is 35.4 Å². The topological polar surface area (TPSA) is 119 Å². The Morgan fingerprint density at radius 1 is 0.980 bits per heavy atom. The lowest BCUT2D eigenvalue weighted by Crippen LogP contribution is -2.35. The zero-order valence-corrected chi connectivity index (χ0v) is 29.1. The zero-order valence-electron chi connectivity index (χ0n) is 29.1. The van der Waals surface area contributed by atoms with Crippen LogP contribution in [0.2, 0.25) is 0 Å².